The lowest BCUT2D eigenvalue weighted by Crippen LogP contribution is -2.43. The molecule has 1 aromatic rings. The van der Waals surface area contributed by atoms with Crippen LogP contribution in [0.1, 0.15) is 30.8 Å². The molecule has 0 spiro atoms. The Morgan fingerprint density at radius 3 is 1.90 bits per heavy atom. The molecule has 30 heavy (non-hydrogen) atoms. The van der Waals surface area contributed by atoms with Crippen molar-refractivity contribution in [1.29, 1.82) is 0 Å². The first-order chi connectivity index (χ1) is 14.3. The van der Waals surface area contributed by atoms with Crippen molar-refractivity contribution in [3.63, 3.8) is 0 Å². The molecule has 2 rings (SSSR count). The van der Waals surface area contributed by atoms with Crippen molar-refractivity contribution in [2.75, 3.05) is 60.0 Å². The predicted octanol–water partition coefficient (Wildman–Crippen LogP) is 1.40. The van der Waals surface area contributed by atoms with Gasteiger partial charge in [0.2, 0.25) is 0 Å². The minimum Gasteiger partial charge on any atom is -0.468 e. The number of ether oxygens (including phenoxy) is 2. The molecule has 0 saturated carbocycles. The SMILES string of the molecule is C=C(C)c1cc2nc(c1)CN(CC(=O)OC)CCN(CC(=O)OC)CCN(CC)C2. The van der Waals surface area contributed by atoms with Crippen LogP contribution >= 0.6 is 0 Å². The summed E-state index contributed by atoms with van der Waals surface area (Å²) >= 11 is 0. The number of hydrogen-bond acceptors (Lipinski definition) is 8. The van der Waals surface area contributed by atoms with Gasteiger partial charge in [0.05, 0.1) is 38.7 Å². The summed E-state index contributed by atoms with van der Waals surface area (Å²) < 4.78 is 9.73. The van der Waals surface area contributed by atoms with E-state index in [1.165, 1.54) is 14.2 Å². The van der Waals surface area contributed by atoms with Crippen molar-refractivity contribution in [2.45, 2.75) is 26.9 Å². The summed E-state index contributed by atoms with van der Waals surface area (Å²) in [7, 11) is 2.79. The van der Waals surface area contributed by atoms with Crippen molar-refractivity contribution in [3.8, 4) is 0 Å². The van der Waals surface area contributed by atoms with Crippen LogP contribution in [0.15, 0.2) is 18.7 Å². The van der Waals surface area contributed by atoms with Crippen LogP contribution in [-0.4, -0.2) is 91.7 Å². The Labute approximate surface area is 179 Å². The Balaban J connectivity index is 2.33. The second-order valence-electron chi connectivity index (χ2n) is 7.63. The third kappa shape index (κ3) is 7.51. The average Bonchev–Trinajstić information content (AvgIpc) is 2.72. The molecular weight excluding hydrogens is 384 g/mol. The fourth-order valence-corrected chi connectivity index (χ4v) is 3.41. The fourth-order valence-electron chi connectivity index (χ4n) is 3.41. The summed E-state index contributed by atoms with van der Waals surface area (Å²) in [5.41, 5.74) is 3.92. The highest BCUT2D eigenvalue weighted by atomic mass is 16.5. The predicted molar refractivity (Wildman–Crippen MR) is 116 cm³/mol. The van der Waals surface area contributed by atoms with Gasteiger partial charge in [-0.3, -0.25) is 29.3 Å². The molecule has 2 bridgehead atoms. The monoisotopic (exact) mass is 418 g/mol. The number of hydrogen-bond donors (Lipinski definition) is 0. The maximum atomic E-state index is 11.9. The van der Waals surface area contributed by atoms with E-state index in [1.54, 1.807) is 0 Å². The summed E-state index contributed by atoms with van der Waals surface area (Å²) in [5, 5.41) is 0. The van der Waals surface area contributed by atoms with Crippen molar-refractivity contribution in [2.24, 2.45) is 0 Å². The summed E-state index contributed by atoms with van der Waals surface area (Å²) in [6.45, 7) is 13.5. The zero-order valence-corrected chi connectivity index (χ0v) is 18.6. The smallest absolute Gasteiger partial charge is 0.319 e. The number of allylic oxidation sites excluding steroid dienone is 1. The minimum absolute atomic E-state index is 0.165. The number of carbonyl (C=O) groups is 2. The van der Waals surface area contributed by atoms with Crippen molar-refractivity contribution >= 4 is 17.5 Å². The van der Waals surface area contributed by atoms with Crippen molar-refractivity contribution in [3.05, 3.63) is 35.7 Å². The van der Waals surface area contributed by atoms with Gasteiger partial charge in [-0.25, -0.2) is 0 Å². The summed E-state index contributed by atoms with van der Waals surface area (Å²) in [5.74, 6) is -0.558. The highest BCUT2D eigenvalue weighted by molar-refractivity contribution is 5.72. The quantitative estimate of drug-likeness (QED) is 0.642. The highest BCUT2D eigenvalue weighted by Gasteiger charge is 2.19. The number of nitrogens with zero attached hydrogens (tertiary/aromatic N) is 4. The number of pyridine rings is 1. The number of rotatable bonds is 6. The van der Waals surface area contributed by atoms with Gasteiger partial charge in [0.25, 0.3) is 0 Å². The lowest BCUT2D eigenvalue weighted by atomic mass is 10.1. The topological polar surface area (TPSA) is 75.2 Å². The third-order valence-corrected chi connectivity index (χ3v) is 5.27. The molecule has 0 unspecified atom stereocenters. The van der Waals surface area contributed by atoms with E-state index in [0.717, 1.165) is 42.2 Å². The molecular formula is C22H34N4O4. The Morgan fingerprint density at radius 2 is 1.40 bits per heavy atom. The van der Waals surface area contributed by atoms with Gasteiger partial charge < -0.3 is 9.47 Å². The molecule has 0 atom stereocenters. The molecule has 0 aliphatic carbocycles. The standard InChI is InChI=1S/C22H34N4O4/c1-6-24-7-8-25(15-21(27)29-4)9-10-26(16-22(28)30-5)14-20-12-18(17(2)3)11-19(13-24)23-20/h11-12H,2,6-10,13-16H2,1,3-5H3. The molecule has 1 aliphatic heterocycles. The third-order valence-electron chi connectivity index (χ3n) is 5.27. The van der Waals surface area contributed by atoms with E-state index in [2.05, 4.69) is 29.4 Å². The van der Waals surface area contributed by atoms with E-state index in [0.29, 0.717) is 26.2 Å². The first-order valence-electron chi connectivity index (χ1n) is 10.3. The van der Waals surface area contributed by atoms with E-state index in [1.807, 2.05) is 17.9 Å². The first kappa shape index (κ1) is 24.0. The van der Waals surface area contributed by atoms with Crippen LogP contribution in [-0.2, 0) is 32.2 Å². The van der Waals surface area contributed by atoms with E-state index in [4.69, 9.17) is 14.5 Å². The van der Waals surface area contributed by atoms with Gasteiger partial charge in [-0.15, -0.1) is 0 Å². The zero-order chi connectivity index (χ0) is 22.1. The largest absolute Gasteiger partial charge is 0.468 e. The summed E-state index contributed by atoms with van der Waals surface area (Å²) in [6.07, 6.45) is 0. The molecule has 1 aliphatic rings. The Hall–Kier alpha value is -2.29. The Kier molecular flexibility index (Phi) is 9.42. The van der Waals surface area contributed by atoms with Crippen molar-refractivity contribution in [1.82, 2.24) is 19.7 Å². The van der Waals surface area contributed by atoms with Crippen LogP contribution in [0.2, 0.25) is 0 Å². The number of methoxy groups -OCH3 is 2. The average molecular weight is 419 g/mol. The molecule has 166 valence electrons. The van der Waals surface area contributed by atoms with Crippen LogP contribution in [0.25, 0.3) is 5.57 Å². The first-order valence-corrected chi connectivity index (χ1v) is 10.3. The van der Waals surface area contributed by atoms with Crippen LogP contribution in [0.4, 0.5) is 0 Å². The summed E-state index contributed by atoms with van der Waals surface area (Å²) in [6, 6.07) is 4.11. The fraction of sp³-hybridized carbons (Fsp3) is 0.591. The van der Waals surface area contributed by atoms with Gasteiger partial charge in [0, 0.05) is 39.3 Å². The maximum Gasteiger partial charge on any atom is 0.319 e. The molecule has 0 radical (unpaired) electrons. The van der Waals surface area contributed by atoms with Crippen LogP contribution in [0.3, 0.4) is 0 Å². The van der Waals surface area contributed by atoms with Crippen molar-refractivity contribution < 1.29 is 19.1 Å². The summed E-state index contributed by atoms with van der Waals surface area (Å²) in [4.78, 5) is 35.0. The van der Waals surface area contributed by atoms with E-state index in [9.17, 15) is 9.59 Å². The van der Waals surface area contributed by atoms with Crippen LogP contribution in [0, 0.1) is 0 Å². The minimum atomic E-state index is -0.296. The van der Waals surface area contributed by atoms with Gasteiger partial charge in [-0.05, 0) is 31.2 Å². The number of aromatic nitrogens is 1. The second kappa shape index (κ2) is 11.8. The van der Waals surface area contributed by atoms with Gasteiger partial charge >= 0.3 is 11.9 Å². The van der Waals surface area contributed by atoms with Gasteiger partial charge in [0.1, 0.15) is 0 Å². The van der Waals surface area contributed by atoms with Gasteiger partial charge in [-0.1, -0.05) is 19.1 Å². The molecule has 0 fully saturated rings. The molecule has 0 amide bonds. The number of esters is 2. The highest BCUT2D eigenvalue weighted by Crippen LogP contribution is 2.17. The number of fused-ring (bicyclic) bond motifs is 2. The Bertz CT molecular complexity index is 753. The normalized spacial score (nSPS) is 16.9. The maximum absolute atomic E-state index is 11.9. The van der Waals surface area contributed by atoms with Crippen LogP contribution < -0.4 is 0 Å². The molecule has 8 nitrogen and oxygen atoms in total. The number of likely N-dealkylation sites (N-methyl/N-ethyl adjacent to an activating group) is 1. The van der Waals surface area contributed by atoms with E-state index >= 15 is 0 Å². The van der Waals surface area contributed by atoms with E-state index in [-0.39, 0.29) is 25.0 Å². The molecule has 0 N–H and O–H groups in total. The molecule has 0 saturated heterocycles. The molecule has 2 heterocycles. The molecule has 1 aromatic heterocycles. The van der Waals surface area contributed by atoms with Gasteiger partial charge in [-0.2, -0.15) is 0 Å². The van der Waals surface area contributed by atoms with E-state index < -0.39 is 0 Å². The lowest BCUT2D eigenvalue weighted by molar-refractivity contribution is -0.143. The molecule has 0 aromatic carbocycles. The second-order valence-corrected chi connectivity index (χ2v) is 7.63. The molecule has 8 heteroatoms. The Morgan fingerprint density at radius 1 is 0.933 bits per heavy atom. The number of carbonyl (C=O) groups excluding carboxylic acids is 2. The zero-order valence-electron chi connectivity index (χ0n) is 18.6. The lowest BCUT2D eigenvalue weighted by Gasteiger charge is -2.30. The van der Waals surface area contributed by atoms with Gasteiger partial charge in [0.15, 0.2) is 0 Å². The van der Waals surface area contributed by atoms with Crippen LogP contribution in [0.5, 0.6) is 0 Å².